The Labute approximate surface area is 124 Å². The van der Waals surface area contributed by atoms with E-state index in [0.717, 1.165) is 25.3 Å². The molecule has 0 saturated heterocycles. The van der Waals surface area contributed by atoms with Gasteiger partial charge in [0.25, 0.3) is 0 Å². The van der Waals surface area contributed by atoms with Crippen LogP contribution < -0.4 is 10.2 Å². The summed E-state index contributed by atoms with van der Waals surface area (Å²) in [5.74, 6) is -0.186. The predicted molar refractivity (Wildman–Crippen MR) is 82.0 cm³/mol. The first kappa shape index (κ1) is 13.9. The van der Waals surface area contributed by atoms with Gasteiger partial charge in [-0.1, -0.05) is 18.2 Å². The highest BCUT2D eigenvalue weighted by Crippen LogP contribution is 2.34. The Kier molecular flexibility index (Phi) is 3.80. The molecule has 2 N–H and O–H groups in total. The Morgan fingerprint density at radius 2 is 2.05 bits per heavy atom. The molecular weight excluding hydrogens is 267 g/mol. The summed E-state index contributed by atoms with van der Waals surface area (Å²) in [5, 5.41) is 13.4. The fourth-order valence-electron chi connectivity index (χ4n) is 2.91. The zero-order valence-corrected chi connectivity index (χ0v) is 12.0. The van der Waals surface area contributed by atoms with Gasteiger partial charge in [-0.2, -0.15) is 0 Å². The second-order valence-corrected chi connectivity index (χ2v) is 5.38. The maximum Gasteiger partial charge on any atom is 0.123 e. The molecule has 1 aliphatic heterocycles. The number of nitrogens with zero attached hydrogens (tertiary/aromatic N) is 1. The van der Waals surface area contributed by atoms with Gasteiger partial charge < -0.3 is 15.3 Å². The molecule has 0 amide bonds. The number of hydrogen-bond donors (Lipinski definition) is 2. The molecule has 0 spiro atoms. The molecule has 1 aliphatic rings. The maximum atomic E-state index is 13.5. The van der Waals surface area contributed by atoms with E-state index in [1.54, 1.807) is 0 Å². The van der Waals surface area contributed by atoms with Crippen LogP contribution in [-0.2, 0) is 6.54 Å². The third-order valence-corrected chi connectivity index (χ3v) is 4.05. The largest absolute Gasteiger partial charge is 0.508 e. The van der Waals surface area contributed by atoms with Gasteiger partial charge in [-0.3, -0.25) is 0 Å². The first-order valence-corrected chi connectivity index (χ1v) is 7.20. The van der Waals surface area contributed by atoms with Crippen molar-refractivity contribution < 1.29 is 9.50 Å². The Morgan fingerprint density at radius 1 is 1.24 bits per heavy atom. The van der Waals surface area contributed by atoms with E-state index in [0.29, 0.717) is 5.56 Å². The summed E-state index contributed by atoms with van der Waals surface area (Å²) in [6, 6.07) is 12.2. The molecule has 21 heavy (non-hydrogen) atoms. The van der Waals surface area contributed by atoms with Crippen LogP contribution in [0.25, 0.3) is 0 Å². The number of hydrogen-bond acceptors (Lipinski definition) is 3. The number of para-hydroxylation sites is 1. The van der Waals surface area contributed by atoms with E-state index in [4.69, 9.17) is 0 Å². The van der Waals surface area contributed by atoms with Crippen LogP contribution in [0.15, 0.2) is 42.5 Å². The molecule has 0 bridgehead atoms. The van der Waals surface area contributed by atoms with Gasteiger partial charge in [0.05, 0.1) is 6.04 Å². The Balaban J connectivity index is 2.01. The molecule has 1 atom stereocenters. The van der Waals surface area contributed by atoms with Crippen LogP contribution in [0.3, 0.4) is 0 Å². The first-order valence-electron chi connectivity index (χ1n) is 7.20. The lowest BCUT2D eigenvalue weighted by atomic mass is 10.0. The Bertz CT molecular complexity index is 644. The van der Waals surface area contributed by atoms with Crippen molar-refractivity contribution in [2.24, 2.45) is 0 Å². The van der Waals surface area contributed by atoms with Crippen molar-refractivity contribution in [1.82, 2.24) is 5.32 Å². The van der Waals surface area contributed by atoms with Crippen LogP contribution in [0.5, 0.6) is 5.75 Å². The highest BCUT2D eigenvalue weighted by molar-refractivity contribution is 5.57. The van der Waals surface area contributed by atoms with Crippen molar-refractivity contribution in [2.45, 2.75) is 19.5 Å². The molecule has 0 saturated carbocycles. The van der Waals surface area contributed by atoms with E-state index in [9.17, 15) is 9.50 Å². The Hall–Kier alpha value is -2.07. The molecule has 0 fully saturated rings. The number of halogens is 1. The SMILES string of the molecule is CC(c1cc(F)ccc1O)N1CCNCc2ccccc21. The molecule has 0 radical (unpaired) electrons. The zero-order valence-electron chi connectivity index (χ0n) is 12.0. The van der Waals surface area contributed by atoms with Gasteiger partial charge in [0.15, 0.2) is 0 Å². The minimum Gasteiger partial charge on any atom is -0.508 e. The van der Waals surface area contributed by atoms with Crippen molar-refractivity contribution in [3.8, 4) is 5.75 Å². The summed E-state index contributed by atoms with van der Waals surface area (Å²) in [7, 11) is 0. The first-order chi connectivity index (χ1) is 10.2. The number of fused-ring (bicyclic) bond motifs is 1. The highest BCUT2D eigenvalue weighted by atomic mass is 19.1. The molecule has 0 aromatic heterocycles. The van der Waals surface area contributed by atoms with Crippen LogP contribution in [0.2, 0.25) is 0 Å². The Morgan fingerprint density at radius 3 is 2.90 bits per heavy atom. The second kappa shape index (κ2) is 5.74. The summed E-state index contributed by atoms with van der Waals surface area (Å²) >= 11 is 0. The summed E-state index contributed by atoms with van der Waals surface area (Å²) in [4.78, 5) is 2.21. The smallest absolute Gasteiger partial charge is 0.123 e. The lowest BCUT2D eigenvalue weighted by Crippen LogP contribution is -2.31. The minimum absolute atomic E-state index is 0.0956. The standard InChI is InChI=1S/C17H19FN2O/c1-12(15-10-14(18)6-7-17(15)21)20-9-8-19-11-13-4-2-3-5-16(13)20/h2-7,10,12,19,21H,8-9,11H2,1H3. The topological polar surface area (TPSA) is 35.5 Å². The molecule has 2 aromatic carbocycles. The van der Waals surface area contributed by atoms with E-state index in [1.807, 2.05) is 19.1 Å². The van der Waals surface area contributed by atoms with Gasteiger partial charge in [0.1, 0.15) is 11.6 Å². The summed E-state index contributed by atoms with van der Waals surface area (Å²) < 4.78 is 13.5. The number of aromatic hydroxyl groups is 1. The lowest BCUT2D eigenvalue weighted by molar-refractivity contribution is 0.457. The van der Waals surface area contributed by atoms with E-state index < -0.39 is 0 Å². The van der Waals surface area contributed by atoms with Crippen molar-refractivity contribution in [3.05, 3.63) is 59.4 Å². The quantitative estimate of drug-likeness (QED) is 0.890. The minimum atomic E-state index is -0.323. The zero-order chi connectivity index (χ0) is 14.8. The van der Waals surface area contributed by atoms with Gasteiger partial charge in [-0.15, -0.1) is 0 Å². The van der Waals surface area contributed by atoms with Crippen LogP contribution in [0.1, 0.15) is 24.1 Å². The summed E-state index contributed by atoms with van der Waals surface area (Å²) in [5.41, 5.74) is 2.98. The molecule has 0 aliphatic carbocycles. The summed E-state index contributed by atoms with van der Waals surface area (Å²) in [6.07, 6.45) is 0. The fourth-order valence-corrected chi connectivity index (χ4v) is 2.91. The van der Waals surface area contributed by atoms with Gasteiger partial charge in [0.2, 0.25) is 0 Å². The highest BCUT2D eigenvalue weighted by Gasteiger charge is 2.23. The molecule has 2 aromatic rings. The van der Waals surface area contributed by atoms with Crippen LogP contribution in [0, 0.1) is 5.82 Å². The molecule has 110 valence electrons. The third-order valence-electron chi connectivity index (χ3n) is 4.05. The second-order valence-electron chi connectivity index (χ2n) is 5.38. The summed E-state index contributed by atoms with van der Waals surface area (Å²) in [6.45, 7) is 4.49. The molecule has 4 heteroatoms. The number of phenols is 1. The van der Waals surface area contributed by atoms with Gasteiger partial charge >= 0.3 is 0 Å². The van der Waals surface area contributed by atoms with E-state index in [2.05, 4.69) is 22.3 Å². The molecular formula is C17H19FN2O. The molecule has 1 heterocycles. The average molecular weight is 286 g/mol. The average Bonchev–Trinajstić information content (AvgIpc) is 2.71. The number of rotatable bonds is 2. The van der Waals surface area contributed by atoms with Crippen LogP contribution >= 0.6 is 0 Å². The fraction of sp³-hybridized carbons (Fsp3) is 0.294. The normalized spacial score (nSPS) is 16.2. The van der Waals surface area contributed by atoms with Crippen molar-refractivity contribution in [2.75, 3.05) is 18.0 Å². The van der Waals surface area contributed by atoms with Crippen molar-refractivity contribution >= 4 is 5.69 Å². The third kappa shape index (κ3) is 2.72. The van der Waals surface area contributed by atoms with Crippen LogP contribution in [-0.4, -0.2) is 18.2 Å². The van der Waals surface area contributed by atoms with E-state index in [-0.39, 0.29) is 17.6 Å². The number of nitrogens with one attached hydrogen (secondary N) is 1. The van der Waals surface area contributed by atoms with Crippen molar-refractivity contribution in [3.63, 3.8) is 0 Å². The lowest BCUT2D eigenvalue weighted by Gasteiger charge is -2.32. The molecule has 1 unspecified atom stereocenters. The number of anilines is 1. The van der Waals surface area contributed by atoms with E-state index >= 15 is 0 Å². The number of phenolic OH excluding ortho intramolecular Hbond substituents is 1. The maximum absolute atomic E-state index is 13.5. The molecule has 3 nitrogen and oxygen atoms in total. The monoisotopic (exact) mass is 286 g/mol. The van der Waals surface area contributed by atoms with Crippen LogP contribution in [0.4, 0.5) is 10.1 Å². The van der Waals surface area contributed by atoms with Crippen molar-refractivity contribution in [1.29, 1.82) is 0 Å². The van der Waals surface area contributed by atoms with E-state index in [1.165, 1.54) is 23.8 Å². The predicted octanol–water partition coefficient (Wildman–Crippen LogP) is 3.20. The number of benzene rings is 2. The molecule has 3 rings (SSSR count). The van der Waals surface area contributed by atoms with Gasteiger partial charge in [-0.05, 0) is 36.8 Å². The van der Waals surface area contributed by atoms with Gasteiger partial charge in [-0.25, -0.2) is 4.39 Å². The van der Waals surface area contributed by atoms with Gasteiger partial charge in [0, 0.05) is 30.9 Å².